The zero-order chi connectivity index (χ0) is 24.5. The predicted molar refractivity (Wildman–Crippen MR) is 137 cm³/mol. The Morgan fingerprint density at radius 1 is 1.11 bits per heavy atom. The Hall–Kier alpha value is -3.78. The molecule has 2 aromatic heterocycles. The van der Waals surface area contributed by atoms with E-state index in [0.29, 0.717) is 21.5 Å². The second-order valence-corrected chi connectivity index (χ2v) is 9.57. The highest BCUT2D eigenvalue weighted by Crippen LogP contribution is 2.33. The summed E-state index contributed by atoms with van der Waals surface area (Å²) in [5, 5.41) is 5.28. The van der Waals surface area contributed by atoms with Gasteiger partial charge in [-0.1, -0.05) is 24.3 Å². The summed E-state index contributed by atoms with van der Waals surface area (Å²) in [4.78, 5) is 43.5. The van der Waals surface area contributed by atoms with E-state index in [1.165, 1.54) is 59.4 Å². The van der Waals surface area contributed by atoms with E-state index in [2.05, 4.69) is 28.5 Å². The molecule has 1 amide bonds. The number of rotatable bonds is 5. The normalized spacial score (nSPS) is 13.8. The van der Waals surface area contributed by atoms with Crippen LogP contribution in [0.2, 0.25) is 0 Å². The highest BCUT2D eigenvalue weighted by atomic mass is 32.1. The standard InChI is InChI=1S/C27H25N3O4S/c1-16(24(31)29-21-9-5-8-20(13-21)27(33)34-2)30-15-28-25-23(26(30)32)22(14-35-25)19-11-10-17-6-3-4-7-18(17)12-19/h5,8-16H,3-4,6-7H2,1-2H3,(H,29,31). The molecule has 1 atom stereocenters. The number of benzene rings is 2. The molecule has 7 nitrogen and oxygen atoms in total. The van der Waals surface area contributed by atoms with Gasteiger partial charge in [-0.2, -0.15) is 0 Å². The Bertz CT molecular complexity index is 1500. The van der Waals surface area contributed by atoms with Crippen molar-refractivity contribution in [3.8, 4) is 11.1 Å². The summed E-state index contributed by atoms with van der Waals surface area (Å²) < 4.78 is 6.09. The summed E-state index contributed by atoms with van der Waals surface area (Å²) in [6.45, 7) is 1.65. The van der Waals surface area contributed by atoms with Gasteiger partial charge in [-0.05, 0) is 67.5 Å². The average molecular weight is 488 g/mol. The van der Waals surface area contributed by atoms with Gasteiger partial charge in [-0.25, -0.2) is 9.78 Å². The van der Waals surface area contributed by atoms with Crippen LogP contribution in [0.15, 0.2) is 59.0 Å². The molecule has 8 heteroatoms. The number of aromatic nitrogens is 2. The van der Waals surface area contributed by atoms with Gasteiger partial charge in [-0.15, -0.1) is 11.3 Å². The molecule has 0 fully saturated rings. The van der Waals surface area contributed by atoms with E-state index in [4.69, 9.17) is 4.74 Å². The minimum Gasteiger partial charge on any atom is -0.465 e. The van der Waals surface area contributed by atoms with Crippen LogP contribution in [0.4, 0.5) is 5.69 Å². The zero-order valence-electron chi connectivity index (χ0n) is 19.5. The molecule has 0 saturated heterocycles. The highest BCUT2D eigenvalue weighted by molar-refractivity contribution is 7.17. The van der Waals surface area contributed by atoms with Crippen molar-refractivity contribution in [1.82, 2.24) is 9.55 Å². The Labute approximate surface area is 206 Å². The van der Waals surface area contributed by atoms with E-state index < -0.39 is 12.0 Å². The number of hydrogen-bond donors (Lipinski definition) is 1. The summed E-state index contributed by atoms with van der Waals surface area (Å²) in [7, 11) is 1.30. The lowest BCUT2D eigenvalue weighted by Crippen LogP contribution is -2.31. The van der Waals surface area contributed by atoms with Crippen molar-refractivity contribution in [3.63, 3.8) is 0 Å². The van der Waals surface area contributed by atoms with Gasteiger partial charge in [-0.3, -0.25) is 14.2 Å². The fourth-order valence-corrected chi connectivity index (χ4v) is 5.46. The number of nitrogens with one attached hydrogen (secondary N) is 1. The van der Waals surface area contributed by atoms with E-state index in [1.54, 1.807) is 25.1 Å². The van der Waals surface area contributed by atoms with Crippen molar-refractivity contribution in [2.75, 3.05) is 12.4 Å². The number of anilines is 1. The number of hydrogen-bond acceptors (Lipinski definition) is 6. The van der Waals surface area contributed by atoms with Crippen molar-refractivity contribution in [3.05, 3.63) is 81.2 Å². The summed E-state index contributed by atoms with van der Waals surface area (Å²) >= 11 is 1.43. The van der Waals surface area contributed by atoms with Gasteiger partial charge in [0.15, 0.2) is 0 Å². The number of amides is 1. The van der Waals surface area contributed by atoms with Crippen molar-refractivity contribution < 1.29 is 14.3 Å². The smallest absolute Gasteiger partial charge is 0.337 e. The number of thiophene rings is 1. The first-order valence-corrected chi connectivity index (χ1v) is 12.4. The molecule has 0 spiro atoms. The first-order valence-electron chi connectivity index (χ1n) is 11.6. The fourth-order valence-electron chi connectivity index (χ4n) is 4.55. The van der Waals surface area contributed by atoms with Gasteiger partial charge in [0.2, 0.25) is 5.91 Å². The van der Waals surface area contributed by atoms with Gasteiger partial charge in [0.05, 0.1) is 24.4 Å². The van der Waals surface area contributed by atoms with Crippen LogP contribution in [0.3, 0.4) is 0 Å². The SMILES string of the molecule is COC(=O)c1cccc(NC(=O)C(C)n2cnc3scc(-c4ccc5c(c4)CCCC5)c3c2=O)c1. The monoisotopic (exact) mass is 487 g/mol. The number of aryl methyl sites for hydroxylation is 2. The Morgan fingerprint density at radius 3 is 2.71 bits per heavy atom. The van der Waals surface area contributed by atoms with Crippen LogP contribution in [0.25, 0.3) is 21.3 Å². The summed E-state index contributed by atoms with van der Waals surface area (Å²) in [5.74, 6) is -0.881. The van der Waals surface area contributed by atoms with Crippen molar-refractivity contribution in [2.45, 2.75) is 38.6 Å². The third kappa shape index (κ3) is 4.37. The largest absolute Gasteiger partial charge is 0.465 e. The third-order valence-electron chi connectivity index (χ3n) is 6.53. The molecule has 0 radical (unpaired) electrons. The molecule has 0 aliphatic heterocycles. The molecule has 4 aromatic rings. The lowest BCUT2D eigenvalue weighted by molar-refractivity contribution is -0.118. The Morgan fingerprint density at radius 2 is 1.91 bits per heavy atom. The van der Waals surface area contributed by atoms with Crippen molar-refractivity contribution in [1.29, 1.82) is 0 Å². The van der Waals surface area contributed by atoms with Gasteiger partial charge >= 0.3 is 5.97 Å². The second-order valence-electron chi connectivity index (χ2n) is 8.71. The number of fused-ring (bicyclic) bond motifs is 2. The van der Waals surface area contributed by atoms with Crippen LogP contribution in [-0.4, -0.2) is 28.5 Å². The fraction of sp³-hybridized carbons (Fsp3) is 0.259. The van der Waals surface area contributed by atoms with Crippen LogP contribution in [0.1, 0.15) is 47.3 Å². The Kier molecular flexibility index (Phi) is 6.21. The van der Waals surface area contributed by atoms with Crippen LogP contribution in [0.5, 0.6) is 0 Å². The average Bonchev–Trinajstić information content (AvgIpc) is 3.33. The number of esters is 1. The summed E-state index contributed by atoms with van der Waals surface area (Å²) in [5.41, 5.74) is 5.10. The van der Waals surface area contributed by atoms with E-state index in [9.17, 15) is 14.4 Å². The molecule has 0 bridgehead atoms. The van der Waals surface area contributed by atoms with E-state index in [-0.39, 0.29) is 11.5 Å². The Balaban J connectivity index is 1.46. The van der Waals surface area contributed by atoms with Crippen LogP contribution in [-0.2, 0) is 22.4 Å². The molecule has 1 unspecified atom stereocenters. The molecule has 2 heterocycles. The van der Waals surface area contributed by atoms with Crippen LogP contribution >= 0.6 is 11.3 Å². The quantitative estimate of drug-likeness (QED) is 0.401. The molecular weight excluding hydrogens is 462 g/mol. The first-order chi connectivity index (χ1) is 17.0. The maximum Gasteiger partial charge on any atom is 0.337 e. The topological polar surface area (TPSA) is 90.3 Å². The van der Waals surface area contributed by atoms with Crippen molar-refractivity contribution >= 4 is 39.1 Å². The molecule has 1 aliphatic rings. The number of carbonyl (C=O) groups excluding carboxylic acids is 2. The molecule has 35 heavy (non-hydrogen) atoms. The number of carbonyl (C=O) groups is 2. The molecule has 1 aliphatic carbocycles. The van der Waals surface area contributed by atoms with E-state index in [0.717, 1.165) is 24.0 Å². The molecule has 5 rings (SSSR count). The predicted octanol–water partition coefficient (Wildman–Crippen LogP) is 4.99. The molecule has 2 aromatic carbocycles. The highest BCUT2D eigenvalue weighted by Gasteiger charge is 2.21. The number of nitrogens with zero attached hydrogens (tertiary/aromatic N) is 2. The lowest BCUT2D eigenvalue weighted by Gasteiger charge is -2.17. The third-order valence-corrected chi connectivity index (χ3v) is 7.41. The van der Waals surface area contributed by atoms with Gasteiger partial charge in [0.25, 0.3) is 5.56 Å². The molecular formula is C27H25N3O4S. The first kappa shape index (κ1) is 23.0. The summed E-state index contributed by atoms with van der Waals surface area (Å²) in [6, 6.07) is 12.1. The van der Waals surface area contributed by atoms with Crippen molar-refractivity contribution in [2.24, 2.45) is 0 Å². The van der Waals surface area contributed by atoms with Crippen LogP contribution < -0.4 is 10.9 Å². The minimum absolute atomic E-state index is 0.255. The lowest BCUT2D eigenvalue weighted by atomic mass is 9.89. The molecule has 0 saturated carbocycles. The van der Waals surface area contributed by atoms with E-state index in [1.807, 2.05) is 5.38 Å². The second kappa shape index (κ2) is 9.46. The number of methoxy groups -OCH3 is 1. The molecule has 1 N–H and O–H groups in total. The maximum absolute atomic E-state index is 13.5. The molecule has 178 valence electrons. The van der Waals surface area contributed by atoms with Gasteiger partial charge in [0.1, 0.15) is 10.9 Å². The van der Waals surface area contributed by atoms with Gasteiger partial charge < -0.3 is 10.1 Å². The van der Waals surface area contributed by atoms with Crippen LogP contribution in [0, 0.1) is 0 Å². The minimum atomic E-state index is -0.808. The van der Waals surface area contributed by atoms with E-state index >= 15 is 0 Å². The number of ether oxygens (including phenoxy) is 1. The van der Waals surface area contributed by atoms with Gasteiger partial charge in [0, 0.05) is 16.6 Å². The zero-order valence-corrected chi connectivity index (χ0v) is 20.4. The maximum atomic E-state index is 13.5. The summed E-state index contributed by atoms with van der Waals surface area (Å²) in [6.07, 6.45) is 5.98.